The third-order valence-corrected chi connectivity index (χ3v) is 6.62. The molecule has 1 amide bonds. The fourth-order valence-corrected chi connectivity index (χ4v) is 5.06. The van der Waals surface area contributed by atoms with Gasteiger partial charge in [0.15, 0.2) is 5.79 Å². The minimum atomic E-state index is -3.97. The molecule has 0 saturated carbocycles. The summed E-state index contributed by atoms with van der Waals surface area (Å²) in [6, 6.07) is 5.70. The number of nitrogens with zero attached hydrogens (tertiary/aromatic N) is 1. The number of nitrogens with one attached hydrogen (secondary N) is 1. The van der Waals surface area contributed by atoms with Gasteiger partial charge >= 0.3 is 0 Å². The summed E-state index contributed by atoms with van der Waals surface area (Å²) in [5.41, 5.74) is 3.45. The number of amides is 1. The van der Waals surface area contributed by atoms with Crippen LogP contribution in [0.15, 0.2) is 29.2 Å². The molecule has 1 aromatic carbocycles. The first-order valence-electron chi connectivity index (χ1n) is 9.00. The number of hydrogen-bond acceptors (Lipinski definition) is 6. The van der Waals surface area contributed by atoms with Crippen LogP contribution < -0.4 is 5.43 Å². The maximum Gasteiger partial charge on any atom is 0.260 e. The van der Waals surface area contributed by atoms with E-state index in [1.54, 1.807) is 26.0 Å². The summed E-state index contributed by atoms with van der Waals surface area (Å²) in [6.45, 7) is 5.47. The molecule has 2 aliphatic heterocycles. The number of ether oxygens (including phenoxy) is 2. The van der Waals surface area contributed by atoms with Gasteiger partial charge in [0.05, 0.1) is 23.5 Å². The summed E-state index contributed by atoms with van der Waals surface area (Å²) in [5.74, 6) is -1.87. The summed E-state index contributed by atoms with van der Waals surface area (Å²) in [5, 5.41) is 9.16. The SMILES string of the molecule is Cc1ccc(S(=O)(=O)N2NC(=O)[C@@H](CCCO)[C@@H]2[C@H]2COC(C)(C)O2)cc1. The Bertz CT molecular complexity index is 793. The molecule has 2 fully saturated rings. The van der Waals surface area contributed by atoms with Crippen LogP contribution in [-0.4, -0.2) is 55.0 Å². The van der Waals surface area contributed by atoms with E-state index in [1.807, 2.05) is 6.92 Å². The molecule has 3 atom stereocenters. The summed E-state index contributed by atoms with van der Waals surface area (Å²) in [7, 11) is -3.97. The van der Waals surface area contributed by atoms with Crippen LogP contribution in [0.3, 0.4) is 0 Å². The van der Waals surface area contributed by atoms with Crippen molar-refractivity contribution < 1.29 is 27.8 Å². The Balaban J connectivity index is 1.96. The van der Waals surface area contributed by atoms with Gasteiger partial charge in [-0.1, -0.05) is 17.7 Å². The predicted octanol–water partition coefficient (Wildman–Crippen LogP) is 0.939. The van der Waals surface area contributed by atoms with Gasteiger partial charge in [-0.05, 0) is 45.7 Å². The number of hydrazine groups is 1. The van der Waals surface area contributed by atoms with Gasteiger partial charge in [0.1, 0.15) is 6.10 Å². The second kappa shape index (κ2) is 7.48. The molecule has 2 heterocycles. The molecule has 0 spiro atoms. The highest BCUT2D eigenvalue weighted by molar-refractivity contribution is 7.89. The lowest BCUT2D eigenvalue weighted by molar-refractivity contribution is -0.145. The zero-order valence-electron chi connectivity index (χ0n) is 15.7. The van der Waals surface area contributed by atoms with Gasteiger partial charge in [0.2, 0.25) is 5.91 Å². The monoisotopic (exact) mass is 398 g/mol. The summed E-state index contributed by atoms with van der Waals surface area (Å²) < 4.78 is 38.9. The second-order valence-electron chi connectivity index (χ2n) is 7.42. The number of aryl methyl sites for hydroxylation is 1. The third-order valence-electron chi connectivity index (χ3n) is 4.90. The molecule has 3 rings (SSSR count). The summed E-state index contributed by atoms with van der Waals surface area (Å²) in [6.07, 6.45) is 0.153. The predicted molar refractivity (Wildman–Crippen MR) is 96.8 cm³/mol. The summed E-state index contributed by atoms with van der Waals surface area (Å²) >= 11 is 0. The molecule has 0 radical (unpaired) electrons. The Morgan fingerprint density at radius 3 is 2.52 bits per heavy atom. The van der Waals surface area contributed by atoms with E-state index in [-0.39, 0.29) is 18.1 Å². The molecular formula is C18H26N2O6S. The van der Waals surface area contributed by atoms with Crippen molar-refractivity contribution in [2.24, 2.45) is 5.92 Å². The standard InChI is InChI=1S/C18H26N2O6S/c1-12-6-8-13(9-7-12)27(23,24)20-16(15-11-25-18(2,3)26-15)14(5-4-10-21)17(22)19-20/h6-9,14-16,21H,4-5,10-11H2,1-3H3,(H,19,22)/t14-,15+,16+/m0/s1. The first-order chi connectivity index (χ1) is 12.7. The Labute approximate surface area is 159 Å². The van der Waals surface area contributed by atoms with Gasteiger partial charge in [-0.3, -0.25) is 10.2 Å². The minimum absolute atomic E-state index is 0.0747. The minimum Gasteiger partial charge on any atom is -0.396 e. The number of rotatable bonds is 6. The van der Waals surface area contributed by atoms with E-state index in [0.29, 0.717) is 12.8 Å². The van der Waals surface area contributed by atoms with E-state index < -0.39 is 39.8 Å². The number of hydrogen-bond donors (Lipinski definition) is 2. The quantitative estimate of drug-likeness (QED) is 0.739. The smallest absolute Gasteiger partial charge is 0.260 e. The first-order valence-corrected chi connectivity index (χ1v) is 10.4. The van der Waals surface area contributed by atoms with E-state index in [9.17, 15) is 13.2 Å². The van der Waals surface area contributed by atoms with E-state index in [0.717, 1.165) is 9.98 Å². The van der Waals surface area contributed by atoms with E-state index in [4.69, 9.17) is 14.6 Å². The molecular weight excluding hydrogens is 372 g/mol. The number of carbonyl (C=O) groups is 1. The molecule has 0 unspecified atom stereocenters. The van der Waals surface area contributed by atoms with Crippen molar-refractivity contribution in [3.63, 3.8) is 0 Å². The summed E-state index contributed by atoms with van der Waals surface area (Å²) in [4.78, 5) is 12.7. The van der Waals surface area contributed by atoms with Gasteiger partial charge in [-0.2, -0.15) is 0 Å². The van der Waals surface area contributed by atoms with E-state index in [1.165, 1.54) is 12.1 Å². The topological polar surface area (TPSA) is 105 Å². The van der Waals surface area contributed by atoms with Crippen LogP contribution in [0.2, 0.25) is 0 Å². The molecule has 27 heavy (non-hydrogen) atoms. The Kier molecular flexibility index (Phi) is 5.60. The molecule has 0 aliphatic carbocycles. The number of sulfonamides is 1. The lowest BCUT2D eigenvalue weighted by Crippen LogP contribution is -2.50. The normalized spacial score (nSPS) is 28.4. The Hall–Kier alpha value is -1.52. The number of benzene rings is 1. The molecule has 2 aliphatic rings. The van der Waals surface area contributed by atoms with Crippen LogP contribution in [0.25, 0.3) is 0 Å². The van der Waals surface area contributed by atoms with Gasteiger partial charge in [-0.25, -0.2) is 8.42 Å². The van der Waals surface area contributed by atoms with Crippen molar-refractivity contribution in [1.82, 2.24) is 9.84 Å². The molecule has 0 aromatic heterocycles. The molecule has 0 bridgehead atoms. The van der Waals surface area contributed by atoms with Crippen LogP contribution in [0, 0.1) is 12.8 Å². The lowest BCUT2D eigenvalue weighted by atomic mass is 9.92. The van der Waals surface area contributed by atoms with Crippen LogP contribution >= 0.6 is 0 Å². The zero-order chi connectivity index (χ0) is 19.8. The van der Waals surface area contributed by atoms with Crippen molar-refractivity contribution in [2.75, 3.05) is 13.2 Å². The average Bonchev–Trinajstić information content (AvgIpc) is 3.13. The molecule has 9 heteroatoms. The van der Waals surface area contributed by atoms with Gasteiger partial charge in [0, 0.05) is 6.61 Å². The number of aliphatic hydroxyl groups is 1. The third kappa shape index (κ3) is 4.02. The van der Waals surface area contributed by atoms with E-state index in [2.05, 4.69) is 5.43 Å². The van der Waals surface area contributed by atoms with Crippen LogP contribution in [0.1, 0.15) is 32.3 Å². The van der Waals surface area contributed by atoms with Crippen LogP contribution in [0.5, 0.6) is 0 Å². The second-order valence-corrected chi connectivity index (χ2v) is 9.23. The highest BCUT2D eigenvalue weighted by Crippen LogP contribution is 2.36. The van der Waals surface area contributed by atoms with Crippen molar-refractivity contribution in [1.29, 1.82) is 0 Å². The molecule has 2 saturated heterocycles. The van der Waals surface area contributed by atoms with Crippen molar-refractivity contribution in [3.05, 3.63) is 29.8 Å². The Morgan fingerprint density at radius 2 is 1.96 bits per heavy atom. The fraction of sp³-hybridized carbons (Fsp3) is 0.611. The van der Waals surface area contributed by atoms with Gasteiger partial charge in [0.25, 0.3) is 10.0 Å². The van der Waals surface area contributed by atoms with Crippen molar-refractivity contribution in [2.45, 2.75) is 56.4 Å². The van der Waals surface area contributed by atoms with E-state index >= 15 is 0 Å². The molecule has 8 nitrogen and oxygen atoms in total. The fourth-order valence-electron chi connectivity index (χ4n) is 3.54. The Morgan fingerprint density at radius 1 is 1.30 bits per heavy atom. The molecule has 2 N–H and O–H groups in total. The maximum atomic E-state index is 13.2. The van der Waals surface area contributed by atoms with Crippen molar-refractivity contribution in [3.8, 4) is 0 Å². The number of carbonyl (C=O) groups excluding carboxylic acids is 1. The largest absolute Gasteiger partial charge is 0.396 e. The van der Waals surface area contributed by atoms with Crippen LogP contribution in [-0.2, 0) is 24.3 Å². The molecule has 150 valence electrons. The zero-order valence-corrected chi connectivity index (χ0v) is 16.5. The van der Waals surface area contributed by atoms with Gasteiger partial charge < -0.3 is 14.6 Å². The lowest BCUT2D eigenvalue weighted by Gasteiger charge is -2.29. The number of aliphatic hydroxyl groups excluding tert-OH is 1. The maximum absolute atomic E-state index is 13.2. The highest BCUT2D eigenvalue weighted by atomic mass is 32.2. The van der Waals surface area contributed by atoms with Crippen molar-refractivity contribution >= 4 is 15.9 Å². The van der Waals surface area contributed by atoms with Gasteiger partial charge in [-0.15, -0.1) is 4.41 Å². The highest BCUT2D eigenvalue weighted by Gasteiger charge is 2.53. The first kappa shape index (κ1) is 20.2. The average molecular weight is 398 g/mol. The van der Waals surface area contributed by atoms with Crippen LogP contribution in [0.4, 0.5) is 0 Å². The molecule has 1 aromatic rings.